The van der Waals surface area contributed by atoms with Crippen LogP contribution in [0.5, 0.6) is 0 Å². The Morgan fingerprint density at radius 3 is 2.29 bits per heavy atom. The lowest BCUT2D eigenvalue weighted by molar-refractivity contribution is -0.384. The lowest BCUT2D eigenvalue weighted by Gasteiger charge is -2.33. The number of aryl methyl sites for hydroxylation is 1. The second kappa shape index (κ2) is 12.0. The number of nitro groups is 1. The first kappa shape index (κ1) is 28.1. The molecule has 0 fully saturated rings. The molecule has 0 aromatic heterocycles. The maximum Gasteiger partial charge on any atom is 0.271 e. The number of carbonyl (C=O) groups is 2. The van der Waals surface area contributed by atoms with E-state index in [1.54, 1.807) is 45.0 Å². The number of nitrogens with zero attached hydrogens (tertiary/aromatic N) is 3. The number of hydrogen-bond donors (Lipinski definition) is 1. The summed E-state index contributed by atoms with van der Waals surface area (Å²) in [6.07, 6.45) is 1.21. The number of benzene rings is 2. The summed E-state index contributed by atoms with van der Waals surface area (Å²) in [5.74, 6) is -0.996. The van der Waals surface area contributed by atoms with Gasteiger partial charge in [0.1, 0.15) is 12.6 Å². The van der Waals surface area contributed by atoms with Crippen molar-refractivity contribution in [2.75, 3.05) is 23.7 Å². The fourth-order valence-corrected chi connectivity index (χ4v) is 4.60. The summed E-state index contributed by atoms with van der Waals surface area (Å²) >= 11 is 5.96. The molecular formula is C23H29ClN4O6S. The lowest BCUT2D eigenvalue weighted by Crippen LogP contribution is -2.52. The van der Waals surface area contributed by atoms with E-state index in [4.69, 9.17) is 11.6 Å². The molecule has 1 N–H and O–H groups in total. The van der Waals surface area contributed by atoms with Crippen LogP contribution in [0.3, 0.4) is 0 Å². The van der Waals surface area contributed by atoms with E-state index in [1.165, 1.54) is 17.0 Å². The van der Waals surface area contributed by atoms with Crippen LogP contribution in [0.1, 0.15) is 31.4 Å². The van der Waals surface area contributed by atoms with Gasteiger partial charge in [-0.1, -0.05) is 36.7 Å². The summed E-state index contributed by atoms with van der Waals surface area (Å²) in [7, 11) is -4.01. The Balaban J connectivity index is 2.51. The van der Waals surface area contributed by atoms with Gasteiger partial charge in [0, 0.05) is 30.2 Å². The minimum atomic E-state index is -4.01. The number of amides is 2. The van der Waals surface area contributed by atoms with Gasteiger partial charge in [-0.05, 0) is 43.5 Å². The topological polar surface area (TPSA) is 130 Å². The van der Waals surface area contributed by atoms with Crippen LogP contribution in [0.4, 0.5) is 11.4 Å². The van der Waals surface area contributed by atoms with Gasteiger partial charge < -0.3 is 10.2 Å². The normalized spacial score (nSPS) is 12.0. The second-order valence-electron chi connectivity index (χ2n) is 7.96. The van der Waals surface area contributed by atoms with Crippen molar-refractivity contribution in [2.45, 2.75) is 39.8 Å². The van der Waals surface area contributed by atoms with Crippen molar-refractivity contribution in [2.24, 2.45) is 0 Å². The van der Waals surface area contributed by atoms with Crippen molar-refractivity contribution in [1.82, 2.24) is 10.2 Å². The Morgan fingerprint density at radius 1 is 1.14 bits per heavy atom. The van der Waals surface area contributed by atoms with Gasteiger partial charge in [0.25, 0.3) is 5.69 Å². The van der Waals surface area contributed by atoms with Gasteiger partial charge in [-0.3, -0.25) is 24.0 Å². The Bertz CT molecular complexity index is 1190. The maximum absolute atomic E-state index is 13.6. The van der Waals surface area contributed by atoms with Crippen molar-refractivity contribution in [1.29, 1.82) is 0 Å². The fraction of sp³-hybridized carbons (Fsp3) is 0.391. The Morgan fingerprint density at radius 2 is 1.77 bits per heavy atom. The van der Waals surface area contributed by atoms with Crippen molar-refractivity contribution in [3.8, 4) is 0 Å². The molecule has 0 aliphatic rings. The standard InChI is InChI=1S/C23H29ClN4O6S/c1-5-20(23(30)25-6-2)26(14-17-8-10-18(24)11-9-17)22(29)15-27(35(4,33)34)21-13-19(28(31)32)12-7-16(21)3/h7-13,20H,5-6,14-15H2,1-4H3,(H,25,30)/t20-/m1/s1. The van der Waals surface area contributed by atoms with Crippen LogP contribution in [0.2, 0.25) is 5.02 Å². The molecule has 35 heavy (non-hydrogen) atoms. The molecule has 2 aromatic carbocycles. The molecule has 0 aliphatic carbocycles. The first-order valence-corrected chi connectivity index (χ1v) is 13.2. The molecule has 12 heteroatoms. The van der Waals surface area contributed by atoms with E-state index in [1.807, 2.05) is 0 Å². The highest BCUT2D eigenvalue weighted by Crippen LogP contribution is 2.28. The highest BCUT2D eigenvalue weighted by Gasteiger charge is 2.32. The highest BCUT2D eigenvalue weighted by molar-refractivity contribution is 7.92. The molecule has 0 spiro atoms. The molecule has 0 heterocycles. The van der Waals surface area contributed by atoms with E-state index in [-0.39, 0.29) is 23.8 Å². The van der Waals surface area contributed by atoms with Crippen LogP contribution in [-0.2, 0) is 26.2 Å². The summed E-state index contributed by atoms with van der Waals surface area (Å²) in [6, 6.07) is 9.68. The zero-order valence-electron chi connectivity index (χ0n) is 20.0. The molecule has 2 rings (SSSR count). The number of non-ortho nitro benzene ring substituents is 1. The van der Waals surface area contributed by atoms with Crippen LogP contribution >= 0.6 is 11.6 Å². The molecular weight excluding hydrogens is 496 g/mol. The average Bonchev–Trinajstić information content (AvgIpc) is 2.78. The summed E-state index contributed by atoms with van der Waals surface area (Å²) in [5, 5.41) is 14.5. The number of nitro benzene ring substituents is 1. The third-order valence-corrected chi connectivity index (χ3v) is 6.73. The zero-order valence-corrected chi connectivity index (χ0v) is 21.6. The van der Waals surface area contributed by atoms with Crippen LogP contribution in [0.15, 0.2) is 42.5 Å². The summed E-state index contributed by atoms with van der Waals surface area (Å²) in [5.41, 5.74) is 0.850. The zero-order chi connectivity index (χ0) is 26.3. The molecule has 2 amide bonds. The molecule has 0 radical (unpaired) electrons. The third-order valence-electron chi connectivity index (χ3n) is 5.35. The number of carbonyl (C=O) groups excluding carboxylic acids is 2. The molecule has 0 saturated carbocycles. The highest BCUT2D eigenvalue weighted by atomic mass is 35.5. The first-order valence-electron chi connectivity index (χ1n) is 10.9. The summed E-state index contributed by atoms with van der Waals surface area (Å²) < 4.78 is 26.2. The van der Waals surface area contributed by atoms with Gasteiger partial charge >= 0.3 is 0 Å². The lowest BCUT2D eigenvalue weighted by atomic mass is 10.1. The summed E-state index contributed by atoms with van der Waals surface area (Å²) in [6.45, 7) is 4.87. The number of hydrogen-bond acceptors (Lipinski definition) is 6. The van der Waals surface area contributed by atoms with Crippen molar-refractivity contribution in [3.05, 3.63) is 68.7 Å². The maximum atomic E-state index is 13.6. The minimum Gasteiger partial charge on any atom is -0.355 e. The molecule has 1 atom stereocenters. The predicted octanol–water partition coefficient (Wildman–Crippen LogP) is 3.27. The molecule has 190 valence electrons. The molecule has 2 aromatic rings. The van der Waals surface area contributed by atoms with Gasteiger partial charge in [0.05, 0.1) is 16.9 Å². The second-order valence-corrected chi connectivity index (χ2v) is 10.3. The van der Waals surface area contributed by atoms with Crippen LogP contribution in [0.25, 0.3) is 0 Å². The van der Waals surface area contributed by atoms with Gasteiger partial charge in [-0.2, -0.15) is 0 Å². The van der Waals surface area contributed by atoms with Crippen molar-refractivity contribution < 1.29 is 22.9 Å². The van der Waals surface area contributed by atoms with E-state index < -0.39 is 33.4 Å². The van der Waals surface area contributed by atoms with Crippen molar-refractivity contribution in [3.63, 3.8) is 0 Å². The number of anilines is 1. The smallest absolute Gasteiger partial charge is 0.271 e. The molecule has 0 bridgehead atoms. The van der Waals surface area contributed by atoms with Gasteiger partial charge in [-0.15, -0.1) is 0 Å². The largest absolute Gasteiger partial charge is 0.355 e. The number of rotatable bonds is 11. The first-order chi connectivity index (χ1) is 16.4. The number of halogens is 1. The van der Waals surface area contributed by atoms with E-state index >= 15 is 0 Å². The van der Waals surface area contributed by atoms with E-state index in [2.05, 4.69) is 5.32 Å². The van der Waals surface area contributed by atoms with Crippen LogP contribution in [0, 0.1) is 17.0 Å². The fourth-order valence-electron chi connectivity index (χ4n) is 3.57. The summed E-state index contributed by atoms with van der Waals surface area (Å²) in [4.78, 5) is 38.3. The van der Waals surface area contributed by atoms with E-state index in [9.17, 15) is 28.1 Å². The minimum absolute atomic E-state index is 0.0209. The molecule has 0 unspecified atom stereocenters. The average molecular weight is 525 g/mol. The Kier molecular flexibility index (Phi) is 9.61. The predicted molar refractivity (Wildman–Crippen MR) is 135 cm³/mol. The molecule has 10 nitrogen and oxygen atoms in total. The third kappa shape index (κ3) is 7.40. The van der Waals surface area contributed by atoms with Crippen molar-refractivity contribution >= 4 is 44.8 Å². The monoisotopic (exact) mass is 524 g/mol. The molecule has 0 saturated heterocycles. The van der Waals surface area contributed by atoms with Gasteiger partial charge in [0.2, 0.25) is 21.8 Å². The van der Waals surface area contributed by atoms with Crippen LogP contribution < -0.4 is 9.62 Å². The van der Waals surface area contributed by atoms with E-state index in [0.717, 1.165) is 16.6 Å². The van der Waals surface area contributed by atoms with Gasteiger partial charge in [-0.25, -0.2) is 8.42 Å². The Labute approximate surface area is 210 Å². The SMILES string of the molecule is CCNC(=O)[C@@H](CC)N(Cc1ccc(Cl)cc1)C(=O)CN(c1cc([N+](=O)[O-])ccc1C)S(C)(=O)=O. The van der Waals surface area contributed by atoms with Crippen LogP contribution in [-0.4, -0.2) is 55.4 Å². The quantitative estimate of drug-likeness (QED) is 0.354. The van der Waals surface area contributed by atoms with Gasteiger partial charge in [0.15, 0.2) is 0 Å². The number of likely N-dealkylation sites (N-methyl/N-ethyl adjacent to an activating group) is 1. The molecule has 0 aliphatic heterocycles. The number of nitrogens with one attached hydrogen (secondary N) is 1. The van der Waals surface area contributed by atoms with E-state index in [0.29, 0.717) is 29.1 Å². The Hall–Kier alpha value is -3.18. The number of sulfonamides is 1.